The fourth-order valence-corrected chi connectivity index (χ4v) is 3.73. The predicted octanol–water partition coefficient (Wildman–Crippen LogP) is 3.81. The first kappa shape index (κ1) is 13.1. The number of carbonyl (C=O) groups excluding carboxylic acids is 1. The first-order valence-corrected chi connectivity index (χ1v) is 8.18. The molecule has 1 aliphatic carbocycles. The molecule has 5 heteroatoms. The van der Waals surface area contributed by atoms with Crippen molar-refractivity contribution in [2.24, 2.45) is 0 Å². The molecule has 0 spiro atoms. The highest BCUT2D eigenvalue weighted by Crippen LogP contribution is 2.35. The summed E-state index contributed by atoms with van der Waals surface area (Å²) >= 11 is 3.96. The second kappa shape index (κ2) is 5.58. The minimum Gasteiger partial charge on any atom is -0.310 e. The number of halogens is 1. The van der Waals surface area contributed by atoms with Crippen LogP contribution in [0, 0.1) is 3.57 Å². The molecule has 19 heavy (non-hydrogen) atoms. The average molecular weight is 384 g/mol. The lowest BCUT2D eigenvalue weighted by molar-refractivity contribution is -0.117. The Hall–Kier alpha value is -0.950. The van der Waals surface area contributed by atoms with E-state index >= 15 is 0 Å². The zero-order chi connectivity index (χ0) is 13.2. The maximum atomic E-state index is 12.4. The van der Waals surface area contributed by atoms with Crippen LogP contribution in [0.2, 0.25) is 0 Å². The van der Waals surface area contributed by atoms with E-state index in [1.807, 2.05) is 12.1 Å². The Kier molecular flexibility index (Phi) is 3.83. The van der Waals surface area contributed by atoms with Crippen molar-refractivity contribution in [2.45, 2.75) is 25.2 Å². The normalized spacial score (nSPS) is 17.8. The van der Waals surface area contributed by atoms with Crippen molar-refractivity contribution in [1.82, 2.24) is 4.98 Å². The van der Waals surface area contributed by atoms with Gasteiger partial charge < -0.3 is 5.32 Å². The fourth-order valence-electron chi connectivity index (χ4n) is 2.42. The zero-order valence-electron chi connectivity index (χ0n) is 10.2. The van der Waals surface area contributed by atoms with Gasteiger partial charge in [-0.3, -0.25) is 4.79 Å². The molecule has 3 nitrogen and oxygen atoms in total. The number of rotatable bonds is 2. The second-order valence-electron chi connectivity index (χ2n) is 4.59. The van der Waals surface area contributed by atoms with Crippen LogP contribution >= 0.6 is 33.9 Å². The molecule has 2 heterocycles. The van der Waals surface area contributed by atoms with Crippen molar-refractivity contribution < 1.29 is 4.79 Å². The van der Waals surface area contributed by atoms with E-state index < -0.39 is 0 Å². The van der Waals surface area contributed by atoms with Crippen LogP contribution in [0.15, 0.2) is 29.8 Å². The van der Waals surface area contributed by atoms with E-state index in [1.165, 1.54) is 10.4 Å². The minimum atomic E-state index is -0.0175. The molecule has 2 aromatic rings. The summed E-state index contributed by atoms with van der Waals surface area (Å²) in [6.07, 6.45) is 4.89. The van der Waals surface area contributed by atoms with Crippen LogP contribution in [0.25, 0.3) is 0 Å². The number of hydrogen-bond donors (Lipinski definition) is 1. The summed E-state index contributed by atoms with van der Waals surface area (Å²) in [5.74, 6) is 0.678. The maximum absolute atomic E-state index is 12.4. The number of pyridine rings is 1. The number of nitrogens with zero attached hydrogens (tertiary/aromatic N) is 1. The van der Waals surface area contributed by atoms with Gasteiger partial charge in [-0.15, -0.1) is 11.3 Å². The molecule has 1 N–H and O–H groups in total. The number of amides is 1. The number of thiophene rings is 1. The molecular weight excluding hydrogens is 371 g/mol. The number of fused-ring (bicyclic) bond motifs is 1. The summed E-state index contributed by atoms with van der Waals surface area (Å²) in [4.78, 5) is 17.9. The third-order valence-electron chi connectivity index (χ3n) is 3.35. The summed E-state index contributed by atoms with van der Waals surface area (Å²) in [6, 6.07) is 5.88. The molecule has 1 atom stereocenters. The Morgan fingerprint density at radius 3 is 3.11 bits per heavy atom. The van der Waals surface area contributed by atoms with Crippen molar-refractivity contribution in [3.63, 3.8) is 0 Å². The van der Waals surface area contributed by atoms with Gasteiger partial charge in [0, 0.05) is 14.6 Å². The van der Waals surface area contributed by atoms with Gasteiger partial charge in [-0.2, -0.15) is 0 Å². The van der Waals surface area contributed by atoms with Crippen LogP contribution in [-0.2, 0) is 11.2 Å². The third-order valence-corrected chi connectivity index (χ3v) is 4.98. The standard InChI is InChI=1S/C14H13IN2OS/c15-9-4-5-13(16-8-9)17-14(18)11-2-1-3-12-10(11)6-7-19-12/h4-8,11H,1-3H2,(H,16,17,18). The van der Waals surface area contributed by atoms with Crippen LogP contribution < -0.4 is 5.32 Å². The Morgan fingerprint density at radius 2 is 2.32 bits per heavy atom. The molecule has 3 rings (SSSR count). The number of nitrogens with one attached hydrogen (secondary N) is 1. The number of hydrogen-bond acceptors (Lipinski definition) is 3. The van der Waals surface area contributed by atoms with Crippen molar-refractivity contribution in [1.29, 1.82) is 0 Å². The summed E-state index contributed by atoms with van der Waals surface area (Å²) in [5, 5.41) is 5.00. The Balaban J connectivity index is 1.77. The average Bonchev–Trinajstić information content (AvgIpc) is 2.89. The number of carbonyl (C=O) groups is 1. The number of aromatic nitrogens is 1. The van der Waals surface area contributed by atoms with Crippen LogP contribution in [0.5, 0.6) is 0 Å². The number of aryl methyl sites for hydroxylation is 1. The molecule has 1 aliphatic rings. The van der Waals surface area contributed by atoms with Gasteiger partial charge in [-0.05, 0) is 71.0 Å². The largest absolute Gasteiger partial charge is 0.310 e. The molecule has 0 bridgehead atoms. The quantitative estimate of drug-likeness (QED) is 0.801. The molecule has 0 radical (unpaired) electrons. The van der Waals surface area contributed by atoms with Gasteiger partial charge in [0.1, 0.15) is 5.82 Å². The van der Waals surface area contributed by atoms with E-state index in [0.29, 0.717) is 5.82 Å². The molecule has 0 aliphatic heterocycles. The van der Waals surface area contributed by atoms with Gasteiger partial charge in [-0.1, -0.05) is 0 Å². The molecule has 0 aromatic carbocycles. The highest BCUT2D eigenvalue weighted by atomic mass is 127. The highest BCUT2D eigenvalue weighted by molar-refractivity contribution is 14.1. The van der Waals surface area contributed by atoms with E-state index in [9.17, 15) is 4.79 Å². The van der Waals surface area contributed by atoms with Crippen LogP contribution in [-0.4, -0.2) is 10.9 Å². The molecule has 1 amide bonds. The van der Waals surface area contributed by atoms with Crippen LogP contribution in [0.1, 0.15) is 29.2 Å². The molecule has 0 fully saturated rings. The summed E-state index contributed by atoms with van der Waals surface area (Å²) < 4.78 is 1.06. The first-order chi connectivity index (χ1) is 9.24. The van der Waals surface area contributed by atoms with Gasteiger partial charge >= 0.3 is 0 Å². The van der Waals surface area contributed by atoms with Crippen molar-refractivity contribution in [3.8, 4) is 0 Å². The van der Waals surface area contributed by atoms with Gasteiger partial charge in [0.25, 0.3) is 0 Å². The van der Waals surface area contributed by atoms with E-state index in [0.717, 1.165) is 22.8 Å². The van der Waals surface area contributed by atoms with Gasteiger partial charge in [-0.25, -0.2) is 4.98 Å². The SMILES string of the molecule is O=C(Nc1ccc(I)cn1)C1CCCc2sccc21. The van der Waals surface area contributed by atoms with E-state index in [1.54, 1.807) is 17.5 Å². The zero-order valence-corrected chi connectivity index (χ0v) is 13.2. The minimum absolute atomic E-state index is 0.0175. The van der Waals surface area contributed by atoms with E-state index in [-0.39, 0.29) is 11.8 Å². The third kappa shape index (κ3) is 2.81. The molecule has 0 saturated heterocycles. The Labute approximate surface area is 129 Å². The predicted molar refractivity (Wildman–Crippen MR) is 85.6 cm³/mol. The summed E-state index contributed by atoms with van der Waals surface area (Å²) in [5.41, 5.74) is 1.21. The second-order valence-corrected chi connectivity index (χ2v) is 6.84. The molecular formula is C14H13IN2OS. The topological polar surface area (TPSA) is 42.0 Å². The smallest absolute Gasteiger partial charge is 0.233 e. The van der Waals surface area contributed by atoms with Gasteiger partial charge in [0.05, 0.1) is 5.92 Å². The van der Waals surface area contributed by atoms with Crippen LogP contribution in [0.4, 0.5) is 5.82 Å². The van der Waals surface area contributed by atoms with Gasteiger partial charge in [0.2, 0.25) is 5.91 Å². The molecule has 98 valence electrons. The fraction of sp³-hybridized carbons (Fsp3) is 0.286. The lowest BCUT2D eigenvalue weighted by Gasteiger charge is -2.21. The van der Waals surface area contributed by atoms with Gasteiger partial charge in [0.15, 0.2) is 0 Å². The molecule has 0 saturated carbocycles. The van der Waals surface area contributed by atoms with Crippen molar-refractivity contribution >= 4 is 45.7 Å². The van der Waals surface area contributed by atoms with E-state index in [2.05, 4.69) is 44.3 Å². The maximum Gasteiger partial charge on any atom is 0.233 e. The highest BCUT2D eigenvalue weighted by Gasteiger charge is 2.27. The number of anilines is 1. The molecule has 2 aromatic heterocycles. The van der Waals surface area contributed by atoms with E-state index in [4.69, 9.17) is 0 Å². The van der Waals surface area contributed by atoms with Crippen molar-refractivity contribution in [2.75, 3.05) is 5.32 Å². The summed E-state index contributed by atoms with van der Waals surface area (Å²) in [7, 11) is 0. The first-order valence-electron chi connectivity index (χ1n) is 6.23. The lowest BCUT2D eigenvalue weighted by Crippen LogP contribution is -2.24. The van der Waals surface area contributed by atoms with Crippen LogP contribution in [0.3, 0.4) is 0 Å². The Morgan fingerprint density at radius 1 is 1.42 bits per heavy atom. The Bertz CT molecular complexity index is 594. The monoisotopic (exact) mass is 384 g/mol. The van der Waals surface area contributed by atoms with Crippen molar-refractivity contribution in [3.05, 3.63) is 43.8 Å². The molecule has 1 unspecified atom stereocenters. The summed E-state index contributed by atoms with van der Waals surface area (Å²) in [6.45, 7) is 0. The lowest BCUT2D eigenvalue weighted by atomic mass is 9.87.